The maximum Gasteiger partial charge on any atom is 0.320 e. The highest BCUT2D eigenvalue weighted by molar-refractivity contribution is 9.10. The Morgan fingerprint density at radius 2 is 2.25 bits per heavy atom. The average Bonchev–Trinajstić information content (AvgIpc) is 2.22. The quantitative estimate of drug-likeness (QED) is 0.772. The van der Waals surface area contributed by atoms with Crippen LogP contribution in [0.5, 0.6) is 11.5 Å². The van der Waals surface area contributed by atoms with Gasteiger partial charge in [-0.25, -0.2) is 0 Å². The number of nitrogens with two attached hydrogens (primary N) is 1. The van der Waals surface area contributed by atoms with Crippen molar-refractivity contribution in [3.63, 3.8) is 0 Å². The highest BCUT2D eigenvalue weighted by Gasteiger charge is 2.15. The molecule has 0 aromatic heterocycles. The number of carboxylic acids is 1. The second-order valence-electron chi connectivity index (χ2n) is 3.28. The molecule has 0 amide bonds. The number of phenols is 1. The van der Waals surface area contributed by atoms with Gasteiger partial charge in [0.1, 0.15) is 6.04 Å². The minimum Gasteiger partial charge on any atom is -0.503 e. The number of aromatic hydroxyl groups is 1. The van der Waals surface area contributed by atoms with E-state index in [4.69, 9.17) is 15.6 Å². The third kappa shape index (κ3) is 2.86. The van der Waals surface area contributed by atoms with Crippen molar-refractivity contribution < 1.29 is 19.7 Å². The van der Waals surface area contributed by atoms with E-state index < -0.39 is 12.0 Å². The molecule has 0 aliphatic heterocycles. The lowest BCUT2D eigenvalue weighted by Gasteiger charge is -2.10. The summed E-state index contributed by atoms with van der Waals surface area (Å²) in [7, 11) is 1.42. The molecule has 5 nitrogen and oxygen atoms in total. The molecule has 16 heavy (non-hydrogen) atoms. The number of aliphatic carboxylic acids is 1. The Hall–Kier alpha value is -1.27. The van der Waals surface area contributed by atoms with E-state index in [0.29, 0.717) is 10.0 Å². The van der Waals surface area contributed by atoms with Gasteiger partial charge in [-0.15, -0.1) is 0 Å². The fourth-order valence-corrected chi connectivity index (χ4v) is 1.73. The van der Waals surface area contributed by atoms with E-state index >= 15 is 0 Å². The Morgan fingerprint density at radius 1 is 1.62 bits per heavy atom. The standard InChI is InChI=1S/C10H12BrNO4/c1-16-8-4-5(2-6(11)9(8)13)3-7(12)10(14)15/h2,4,7,13H,3,12H2,1H3,(H,14,15)/t7-/m0/s1. The summed E-state index contributed by atoms with van der Waals surface area (Å²) in [6.45, 7) is 0. The van der Waals surface area contributed by atoms with Crippen LogP contribution in [-0.4, -0.2) is 29.3 Å². The molecule has 88 valence electrons. The third-order valence-corrected chi connectivity index (χ3v) is 2.69. The van der Waals surface area contributed by atoms with Gasteiger partial charge < -0.3 is 20.7 Å². The van der Waals surface area contributed by atoms with Crippen molar-refractivity contribution in [3.05, 3.63) is 22.2 Å². The van der Waals surface area contributed by atoms with Gasteiger partial charge >= 0.3 is 5.97 Å². The second kappa shape index (κ2) is 5.18. The first-order valence-corrected chi connectivity index (χ1v) is 5.28. The van der Waals surface area contributed by atoms with E-state index in [1.807, 2.05) is 0 Å². The van der Waals surface area contributed by atoms with Crippen LogP contribution in [0.3, 0.4) is 0 Å². The number of carboxylic acid groups (broad SMARTS) is 1. The topological polar surface area (TPSA) is 92.8 Å². The Balaban J connectivity index is 2.98. The molecule has 0 bridgehead atoms. The monoisotopic (exact) mass is 289 g/mol. The zero-order chi connectivity index (χ0) is 12.3. The van der Waals surface area contributed by atoms with Crippen LogP contribution in [0.2, 0.25) is 0 Å². The predicted molar refractivity (Wildman–Crippen MR) is 61.7 cm³/mol. The first kappa shape index (κ1) is 12.8. The van der Waals surface area contributed by atoms with Gasteiger partial charge in [0, 0.05) is 0 Å². The van der Waals surface area contributed by atoms with E-state index in [2.05, 4.69) is 15.9 Å². The minimum absolute atomic E-state index is 0.0184. The molecule has 4 N–H and O–H groups in total. The van der Waals surface area contributed by atoms with Crippen molar-refractivity contribution in [2.75, 3.05) is 7.11 Å². The summed E-state index contributed by atoms with van der Waals surface area (Å²) in [6, 6.07) is 2.20. The molecule has 0 unspecified atom stereocenters. The van der Waals surface area contributed by atoms with Crippen molar-refractivity contribution in [2.45, 2.75) is 12.5 Å². The molecule has 0 heterocycles. The lowest BCUT2D eigenvalue weighted by Crippen LogP contribution is -2.32. The number of methoxy groups -OCH3 is 1. The molecule has 1 rings (SSSR count). The molecule has 0 saturated heterocycles. The van der Waals surface area contributed by atoms with Crippen LogP contribution in [-0.2, 0) is 11.2 Å². The summed E-state index contributed by atoms with van der Waals surface area (Å²) >= 11 is 3.15. The lowest BCUT2D eigenvalue weighted by atomic mass is 10.1. The maximum absolute atomic E-state index is 10.6. The zero-order valence-electron chi connectivity index (χ0n) is 8.61. The van der Waals surface area contributed by atoms with Crippen LogP contribution in [0, 0.1) is 0 Å². The Labute approximate surface area is 101 Å². The van der Waals surface area contributed by atoms with Gasteiger partial charge in [0.05, 0.1) is 11.6 Å². The van der Waals surface area contributed by atoms with E-state index in [0.717, 1.165) is 0 Å². The van der Waals surface area contributed by atoms with Gasteiger partial charge in [-0.1, -0.05) is 0 Å². The summed E-state index contributed by atoms with van der Waals surface area (Å²) < 4.78 is 5.38. The fraction of sp³-hybridized carbons (Fsp3) is 0.300. The van der Waals surface area contributed by atoms with Crippen molar-refractivity contribution in [1.29, 1.82) is 0 Å². The van der Waals surface area contributed by atoms with Crippen molar-refractivity contribution in [1.82, 2.24) is 0 Å². The summed E-state index contributed by atoms with van der Waals surface area (Å²) in [5.74, 6) is -0.805. The number of benzene rings is 1. The van der Waals surface area contributed by atoms with Crippen LogP contribution in [0.1, 0.15) is 5.56 Å². The molecule has 0 aliphatic rings. The normalized spacial score (nSPS) is 12.2. The number of hydrogen-bond donors (Lipinski definition) is 3. The molecule has 0 spiro atoms. The molecule has 1 aromatic carbocycles. The summed E-state index contributed by atoms with van der Waals surface area (Å²) in [5.41, 5.74) is 6.09. The smallest absolute Gasteiger partial charge is 0.320 e. The molecule has 6 heteroatoms. The van der Waals surface area contributed by atoms with E-state index in [9.17, 15) is 9.90 Å². The second-order valence-corrected chi connectivity index (χ2v) is 4.13. The number of carbonyl (C=O) groups is 1. The Kier molecular flexibility index (Phi) is 4.14. The lowest BCUT2D eigenvalue weighted by molar-refractivity contribution is -0.138. The third-order valence-electron chi connectivity index (χ3n) is 2.08. The van der Waals surface area contributed by atoms with E-state index in [-0.39, 0.29) is 17.9 Å². The maximum atomic E-state index is 10.6. The highest BCUT2D eigenvalue weighted by Crippen LogP contribution is 2.35. The first-order valence-electron chi connectivity index (χ1n) is 4.49. The van der Waals surface area contributed by atoms with Gasteiger partial charge in [0.15, 0.2) is 11.5 Å². The SMILES string of the molecule is COc1cc(C[C@H](N)C(=O)O)cc(Br)c1O. The average molecular weight is 290 g/mol. The van der Waals surface area contributed by atoms with Crippen molar-refractivity contribution in [2.24, 2.45) is 5.73 Å². The Bertz CT molecular complexity index is 408. The van der Waals surface area contributed by atoms with E-state index in [1.165, 1.54) is 7.11 Å². The van der Waals surface area contributed by atoms with Gasteiger partial charge in [0.25, 0.3) is 0 Å². The summed E-state index contributed by atoms with van der Waals surface area (Å²) in [4.78, 5) is 10.6. The fourth-order valence-electron chi connectivity index (χ4n) is 1.24. The van der Waals surface area contributed by atoms with Crippen molar-refractivity contribution >= 4 is 21.9 Å². The number of ether oxygens (including phenoxy) is 1. The molecular formula is C10H12BrNO4. The number of phenolic OH excluding ortho intramolecular Hbond substituents is 1. The molecule has 0 fully saturated rings. The molecule has 0 aliphatic carbocycles. The van der Waals surface area contributed by atoms with Crippen LogP contribution in [0.4, 0.5) is 0 Å². The number of halogens is 1. The highest BCUT2D eigenvalue weighted by atomic mass is 79.9. The van der Waals surface area contributed by atoms with Gasteiger partial charge in [-0.3, -0.25) is 4.79 Å². The van der Waals surface area contributed by atoms with Gasteiger partial charge in [0.2, 0.25) is 0 Å². The largest absolute Gasteiger partial charge is 0.503 e. The van der Waals surface area contributed by atoms with Crippen LogP contribution in [0.25, 0.3) is 0 Å². The summed E-state index contributed by atoms with van der Waals surface area (Å²) in [6.07, 6.45) is 0.171. The van der Waals surface area contributed by atoms with Crippen LogP contribution < -0.4 is 10.5 Å². The zero-order valence-corrected chi connectivity index (χ0v) is 10.2. The van der Waals surface area contributed by atoms with E-state index in [1.54, 1.807) is 12.1 Å². The van der Waals surface area contributed by atoms with Crippen molar-refractivity contribution in [3.8, 4) is 11.5 Å². The summed E-state index contributed by atoms with van der Waals surface area (Å²) in [5, 5.41) is 18.2. The predicted octanol–water partition coefficient (Wildman–Crippen LogP) is 1.12. The van der Waals surface area contributed by atoms with Gasteiger partial charge in [-0.05, 0) is 40.0 Å². The molecule has 1 aromatic rings. The Morgan fingerprint density at radius 3 is 2.75 bits per heavy atom. The minimum atomic E-state index is -1.07. The molecular weight excluding hydrogens is 278 g/mol. The van der Waals surface area contributed by atoms with Crippen LogP contribution in [0.15, 0.2) is 16.6 Å². The number of hydrogen-bond acceptors (Lipinski definition) is 4. The van der Waals surface area contributed by atoms with Crippen LogP contribution >= 0.6 is 15.9 Å². The van der Waals surface area contributed by atoms with Gasteiger partial charge in [-0.2, -0.15) is 0 Å². The first-order chi connectivity index (χ1) is 7.45. The molecule has 0 radical (unpaired) electrons. The number of rotatable bonds is 4. The molecule has 1 atom stereocenters. The molecule has 0 saturated carbocycles.